The molecular formula is C21H24F2N2O5S. The molecule has 1 saturated heterocycles. The summed E-state index contributed by atoms with van der Waals surface area (Å²) in [6.45, 7) is 2.92. The maximum Gasteiger partial charge on any atom is 0.246 e. The van der Waals surface area contributed by atoms with Crippen LogP contribution in [0.5, 0.6) is 11.5 Å². The van der Waals surface area contributed by atoms with Gasteiger partial charge in [-0.25, -0.2) is 17.2 Å². The van der Waals surface area contributed by atoms with Crippen molar-refractivity contribution in [3.63, 3.8) is 0 Å². The summed E-state index contributed by atoms with van der Waals surface area (Å²) in [5.74, 6) is -1.00. The topological polar surface area (TPSA) is 76.2 Å². The van der Waals surface area contributed by atoms with Gasteiger partial charge in [-0.15, -0.1) is 0 Å². The average Bonchev–Trinajstić information content (AvgIpc) is 2.75. The number of hydrogen-bond acceptors (Lipinski definition) is 5. The molecule has 0 aromatic heterocycles. The fourth-order valence-corrected chi connectivity index (χ4v) is 4.72. The second-order valence-corrected chi connectivity index (χ2v) is 8.74. The third-order valence-electron chi connectivity index (χ3n) is 4.83. The number of para-hydroxylation sites is 2. The van der Waals surface area contributed by atoms with Crippen LogP contribution in [0.3, 0.4) is 0 Å². The summed E-state index contributed by atoms with van der Waals surface area (Å²) in [4.78, 5) is 13.4. The summed E-state index contributed by atoms with van der Waals surface area (Å²) >= 11 is 0. The first-order valence-electron chi connectivity index (χ1n) is 9.90. The molecule has 0 radical (unpaired) electrons. The van der Waals surface area contributed by atoms with Gasteiger partial charge in [-0.1, -0.05) is 12.1 Å². The van der Waals surface area contributed by atoms with Gasteiger partial charge in [0.15, 0.2) is 11.5 Å². The molecule has 0 aliphatic carbocycles. The Morgan fingerprint density at radius 1 is 1.00 bits per heavy atom. The molecule has 0 atom stereocenters. The number of carbonyl (C=O) groups excluding carboxylic acids is 1. The Kier molecular flexibility index (Phi) is 7.45. The highest BCUT2D eigenvalue weighted by Gasteiger charge is 2.32. The molecule has 2 aromatic rings. The van der Waals surface area contributed by atoms with Gasteiger partial charge in [-0.3, -0.25) is 4.79 Å². The molecule has 0 spiro atoms. The zero-order valence-corrected chi connectivity index (χ0v) is 17.9. The van der Waals surface area contributed by atoms with E-state index in [0.29, 0.717) is 24.2 Å². The van der Waals surface area contributed by atoms with Gasteiger partial charge >= 0.3 is 0 Å². The van der Waals surface area contributed by atoms with Gasteiger partial charge in [0, 0.05) is 32.2 Å². The van der Waals surface area contributed by atoms with E-state index in [-0.39, 0.29) is 45.1 Å². The van der Waals surface area contributed by atoms with Crippen LogP contribution in [0.25, 0.3) is 0 Å². The normalized spacial score (nSPS) is 15.0. The quantitative estimate of drug-likeness (QED) is 0.613. The SMILES string of the molecule is CCOc1ccccc1OCCC(=O)N1CCN(S(=O)(=O)c2ccc(F)cc2F)CC1. The van der Waals surface area contributed by atoms with E-state index in [1.54, 1.807) is 17.0 Å². The largest absolute Gasteiger partial charge is 0.490 e. The van der Waals surface area contributed by atoms with Crippen LogP contribution >= 0.6 is 0 Å². The average molecular weight is 454 g/mol. The third kappa shape index (κ3) is 5.50. The highest BCUT2D eigenvalue weighted by Crippen LogP contribution is 2.26. The molecule has 1 aliphatic rings. The lowest BCUT2D eigenvalue weighted by Gasteiger charge is -2.34. The van der Waals surface area contributed by atoms with Gasteiger partial charge < -0.3 is 14.4 Å². The van der Waals surface area contributed by atoms with Crippen molar-refractivity contribution in [3.05, 3.63) is 54.1 Å². The van der Waals surface area contributed by atoms with Gasteiger partial charge in [-0.05, 0) is 31.2 Å². The lowest BCUT2D eigenvalue weighted by atomic mass is 10.3. The number of nitrogens with zero attached hydrogens (tertiary/aromatic N) is 2. The first-order valence-corrected chi connectivity index (χ1v) is 11.3. The minimum absolute atomic E-state index is 0.0267. The predicted octanol–water partition coefficient (Wildman–Crippen LogP) is 2.67. The van der Waals surface area contributed by atoms with E-state index in [0.717, 1.165) is 16.4 Å². The van der Waals surface area contributed by atoms with Crippen molar-refractivity contribution >= 4 is 15.9 Å². The number of benzene rings is 2. The monoisotopic (exact) mass is 454 g/mol. The molecule has 0 saturated carbocycles. The summed E-state index contributed by atoms with van der Waals surface area (Å²) in [6.07, 6.45) is 0.125. The number of carbonyl (C=O) groups is 1. The summed E-state index contributed by atoms with van der Waals surface area (Å²) in [5.41, 5.74) is 0. The van der Waals surface area contributed by atoms with Crippen molar-refractivity contribution in [2.75, 3.05) is 39.4 Å². The molecule has 3 rings (SSSR count). The summed E-state index contributed by atoms with van der Waals surface area (Å²) in [6, 6.07) is 9.53. The number of piperazine rings is 1. The summed E-state index contributed by atoms with van der Waals surface area (Å²) in [7, 11) is -4.11. The first-order chi connectivity index (χ1) is 14.8. The smallest absolute Gasteiger partial charge is 0.246 e. The Bertz CT molecular complexity index is 1020. The molecule has 1 heterocycles. The van der Waals surface area contributed by atoms with Crippen LogP contribution in [-0.2, 0) is 14.8 Å². The number of halogens is 2. The minimum atomic E-state index is -4.11. The van der Waals surface area contributed by atoms with Gasteiger partial charge in [-0.2, -0.15) is 4.31 Å². The molecule has 10 heteroatoms. The number of sulfonamides is 1. The molecular weight excluding hydrogens is 430 g/mol. The van der Waals surface area contributed by atoms with E-state index in [1.165, 1.54) is 0 Å². The van der Waals surface area contributed by atoms with Crippen LogP contribution in [0.2, 0.25) is 0 Å². The van der Waals surface area contributed by atoms with Crippen LogP contribution in [0.15, 0.2) is 47.4 Å². The highest BCUT2D eigenvalue weighted by molar-refractivity contribution is 7.89. The molecule has 1 aliphatic heterocycles. The predicted molar refractivity (Wildman–Crippen MR) is 109 cm³/mol. The second-order valence-electron chi connectivity index (χ2n) is 6.84. The maximum atomic E-state index is 13.9. The Morgan fingerprint density at radius 3 is 2.26 bits per heavy atom. The summed E-state index contributed by atoms with van der Waals surface area (Å²) in [5, 5.41) is 0. The van der Waals surface area contributed by atoms with Gasteiger partial charge in [0.2, 0.25) is 15.9 Å². The van der Waals surface area contributed by atoms with E-state index < -0.39 is 26.6 Å². The van der Waals surface area contributed by atoms with Gasteiger partial charge in [0.25, 0.3) is 0 Å². The van der Waals surface area contributed by atoms with Crippen molar-refractivity contribution in [2.24, 2.45) is 0 Å². The van der Waals surface area contributed by atoms with E-state index in [4.69, 9.17) is 9.47 Å². The Balaban J connectivity index is 1.52. The van der Waals surface area contributed by atoms with Crippen LogP contribution in [0, 0.1) is 11.6 Å². The van der Waals surface area contributed by atoms with E-state index in [2.05, 4.69) is 0 Å². The number of rotatable bonds is 8. The van der Waals surface area contributed by atoms with Crippen LogP contribution in [-0.4, -0.2) is 62.9 Å². The molecule has 7 nitrogen and oxygen atoms in total. The van der Waals surface area contributed by atoms with E-state index >= 15 is 0 Å². The van der Waals surface area contributed by atoms with Crippen molar-refractivity contribution < 1.29 is 31.5 Å². The number of amides is 1. The fraction of sp³-hybridized carbons (Fsp3) is 0.381. The number of hydrogen-bond donors (Lipinski definition) is 0. The molecule has 1 fully saturated rings. The highest BCUT2D eigenvalue weighted by atomic mass is 32.2. The zero-order chi connectivity index (χ0) is 22.4. The van der Waals surface area contributed by atoms with Crippen LogP contribution in [0.4, 0.5) is 8.78 Å². The van der Waals surface area contributed by atoms with E-state index in [1.807, 2.05) is 19.1 Å². The van der Waals surface area contributed by atoms with Crippen molar-refractivity contribution in [2.45, 2.75) is 18.2 Å². The molecule has 31 heavy (non-hydrogen) atoms. The van der Waals surface area contributed by atoms with Gasteiger partial charge in [0.05, 0.1) is 19.6 Å². The molecule has 1 amide bonds. The van der Waals surface area contributed by atoms with Crippen molar-refractivity contribution in [1.29, 1.82) is 0 Å². The fourth-order valence-electron chi connectivity index (χ4n) is 3.25. The Hall–Kier alpha value is -2.72. The molecule has 0 N–H and O–H groups in total. The lowest BCUT2D eigenvalue weighted by Crippen LogP contribution is -2.50. The number of ether oxygens (including phenoxy) is 2. The third-order valence-corrected chi connectivity index (χ3v) is 6.76. The van der Waals surface area contributed by atoms with Gasteiger partial charge in [0.1, 0.15) is 16.5 Å². The maximum absolute atomic E-state index is 13.9. The second kappa shape index (κ2) is 10.1. The van der Waals surface area contributed by atoms with E-state index in [9.17, 15) is 22.0 Å². The molecule has 0 bridgehead atoms. The Morgan fingerprint density at radius 2 is 1.65 bits per heavy atom. The summed E-state index contributed by atoms with van der Waals surface area (Å²) < 4.78 is 64.5. The van der Waals surface area contributed by atoms with Crippen molar-refractivity contribution in [3.8, 4) is 11.5 Å². The molecule has 168 valence electrons. The van der Waals surface area contributed by atoms with Crippen LogP contribution < -0.4 is 9.47 Å². The minimum Gasteiger partial charge on any atom is -0.490 e. The lowest BCUT2D eigenvalue weighted by molar-refractivity contribution is -0.132. The first kappa shape index (κ1) is 23.0. The zero-order valence-electron chi connectivity index (χ0n) is 17.1. The standard InChI is InChI=1S/C21H24F2N2O5S/c1-2-29-18-5-3-4-6-19(18)30-14-9-21(26)24-10-12-25(13-11-24)31(27,28)20-8-7-16(22)15-17(20)23/h3-8,15H,2,9-14H2,1H3. The van der Waals surface area contributed by atoms with Crippen LogP contribution in [0.1, 0.15) is 13.3 Å². The molecule has 0 unspecified atom stereocenters. The molecule has 2 aromatic carbocycles. The Labute approximate surface area is 180 Å². The van der Waals surface area contributed by atoms with Crippen molar-refractivity contribution in [1.82, 2.24) is 9.21 Å².